The van der Waals surface area contributed by atoms with Gasteiger partial charge in [-0.05, 0) is 45.4 Å². The third kappa shape index (κ3) is 4.73. The molecule has 1 aromatic rings. The normalized spacial score (nSPS) is 12.6. The van der Waals surface area contributed by atoms with Gasteiger partial charge in [0.05, 0.1) is 5.69 Å². The summed E-state index contributed by atoms with van der Waals surface area (Å²) in [6.07, 6.45) is 3.51. The van der Waals surface area contributed by atoms with Crippen molar-refractivity contribution in [2.45, 2.75) is 59.0 Å². The number of hydrogen-bond acceptors (Lipinski definition) is 2. The minimum absolute atomic E-state index is 0.163. The Labute approximate surface area is 117 Å². The molecule has 0 aliphatic heterocycles. The van der Waals surface area contributed by atoms with E-state index in [1.165, 1.54) is 12.8 Å². The average molecular weight is 266 g/mol. The van der Waals surface area contributed by atoms with E-state index >= 15 is 0 Å². The molecule has 108 valence electrons. The van der Waals surface area contributed by atoms with Crippen LogP contribution in [0.15, 0.2) is 18.2 Å². The van der Waals surface area contributed by atoms with Crippen molar-refractivity contribution in [3.8, 4) is 0 Å². The maximum Gasteiger partial charge on any atom is 0.148 e. The van der Waals surface area contributed by atoms with Crippen molar-refractivity contribution in [2.75, 3.05) is 17.3 Å². The minimum atomic E-state index is -0.163. The number of unbranched alkanes of at least 4 members (excludes halogenated alkanes) is 1. The van der Waals surface area contributed by atoms with Crippen LogP contribution in [0, 0.1) is 5.82 Å². The van der Waals surface area contributed by atoms with Gasteiger partial charge in [0.25, 0.3) is 0 Å². The van der Waals surface area contributed by atoms with Crippen LogP contribution in [0.2, 0.25) is 0 Å². The number of nitrogens with one attached hydrogen (secondary N) is 1. The summed E-state index contributed by atoms with van der Waals surface area (Å²) in [5, 5.41) is 3.35. The molecule has 0 fully saturated rings. The Hall–Kier alpha value is -1.25. The van der Waals surface area contributed by atoms with E-state index in [9.17, 15) is 4.39 Å². The molecular formula is C16H27FN2. The molecule has 0 bridgehead atoms. The number of nitrogens with zero attached hydrogens (tertiary/aromatic N) is 1. The zero-order chi connectivity index (χ0) is 14.4. The van der Waals surface area contributed by atoms with E-state index in [0.29, 0.717) is 11.7 Å². The van der Waals surface area contributed by atoms with E-state index in [1.807, 2.05) is 24.1 Å². The zero-order valence-corrected chi connectivity index (χ0v) is 12.8. The highest BCUT2D eigenvalue weighted by Crippen LogP contribution is 2.24. The first-order chi connectivity index (χ1) is 8.95. The molecule has 0 radical (unpaired) electrons. The van der Waals surface area contributed by atoms with Crippen LogP contribution in [0.4, 0.5) is 15.8 Å². The van der Waals surface area contributed by atoms with Crippen molar-refractivity contribution < 1.29 is 4.39 Å². The Balaban J connectivity index is 2.71. The maximum absolute atomic E-state index is 14.1. The van der Waals surface area contributed by atoms with Gasteiger partial charge in [-0.2, -0.15) is 0 Å². The monoisotopic (exact) mass is 266 g/mol. The van der Waals surface area contributed by atoms with Crippen LogP contribution in [0.3, 0.4) is 0 Å². The zero-order valence-electron chi connectivity index (χ0n) is 12.8. The van der Waals surface area contributed by atoms with E-state index in [4.69, 9.17) is 0 Å². The van der Waals surface area contributed by atoms with Crippen LogP contribution >= 0.6 is 0 Å². The van der Waals surface area contributed by atoms with Gasteiger partial charge in [-0.25, -0.2) is 4.39 Å². The van der Waals surface area contributed by atoms with Crippen LogP contribution < -0.4 is 10.2 Å². The standard InChI is InChI=1S/C16H27FN2/c1-6-7-8-13(4)18-14-9-10-16(15(17)11-14)19(5)12(2)3/h9-13,18H,6-8H2,1-5H3. The molecule has 3 heteroatoms. The first-order valence-electron chi connectivity index (χ1n) is 7.24. The van der Waals surface area contributed by atoms with Gasteiger partial charge in [0.2, 0.25) is 0 Å². The molecule has 2 nitrogen and oxygen atoms in total. The van der Waals surface area contributed by atoms with Crippen molar-refractivity contribution in [3.63, 3.8) is 0 Å². The second-order valence-electron chi connectivity index (χ2n) is 5.56. The maximum atomic E-state index is 14.1. The van der Waals surface area contributed by atoms with Crippen LogP contribution in [0.5, 0.6) is 0 Å². The number of anilines is 2. The lowest BCUT2D eigenvalue weighted by atomic mass is 10.1. The fourth-order valence-electron chi connectivity index (χ4n) is 2.03. The summed E-state index contributed by atoms with van der Waals surface area (Å²) in [6.45, 7) is 8.43. The second kappa shape index (κ2) is 7.37. The highest BCUT2D eigenvalue weighted by atomic mass is 19.1. The van der Waals surface area contributed by atoms with Gasteiger partial charge in [0.15, 0.2) is 0 Å². The SMILES string of the molecule is CCCCC(C)Nc1ccc(N(C)C(C)C)c(F)c1. The third-order valence-electron chi connectivity index (χ3n) is 3.51. The molecule has 0 aromatic heterocycles. The summed E-state index contributed by atoms with van der Waals surface area (Å²) < 4.78 is 14.1. The Bertz CT molecular complexity index is 390. The number of rotatable bonds is 7. The quantitative estimate of drug-likeness (QED) is 0.772. The molecule has 0 heterocycles. The average Bonchev–Trinajstić information content (AvgIpc) is 2.35. The van der Waals surface area contributed by atoms with Crippen molar-refractivity contribution in [1.82, 2.24) is 0 Å². The van der Waals surface area contributed by atoms with Crippen LogP contribution in [0.25, 0.3) is 0 Å². The summed E-state index contributed by atoms with van der Waals surface area (Å²) in [5.74, 6) is -0.163. The smallest absolute Gasteiger partial charge is 0.148 e. The summed E-state index contributed by atoms with van der Waals surface area (Å²) >= 11 is 0. The minimum Gasteiger partial charge on any atom is -0.383 e. The van der Waals surface area contributed by atoms with Gasteiger partial charge in [-0.15, -0.1) is 0 Å². The predicted molar refractivity (Wildman–Crippen MR) is 82.5 cm³/mol. The largest absolute Gasteiger partial charge is 0.383 e. The summed E-state index contributed by atoms with van der Waals surface area (Å²) in [6, 6.07) is 6.07. The molecular weight excluding hydrogens is 239 g/mol. The molecule has 1 aromatic carbocycles. The van der Waals surface area contributed by atoms with E-state index in [-0.39, 0.29) is 11.9 Å². The van der Waals surface area contributed by atoms with E-state index in [0.717, 1.165) is 12.1 Å². The van der Waals surface area contributed by atoms with E-state index in [1.54, 1.807) is 6.07 Å². The molecule has 1 unspecified atom stereocenters. The van der Waals surface area contributed by atoms with Gasteiger partial charge in [0, 0.05) is 24.8 Å². The van der Waals surface area contributed by atoms with Crippen molar-refractivity contribution in [1.29, 1.82) is 0 Å². The predicted octanol–water partition coefficient (Wildman–Crippen LogP) is 4.66. The summed E-state index contributed by atoms with van der Waals surface area (Å²) in [4.78, 5) is 1.94. The molecule has 0 spiro atoms. The number of benzene rings is 1. The van der Waals surface area contributed by atoms with Crippen molar-refractivity contribution >= 4 is 11.4 Å². The first kappa shape index (κ1) is 15.8. The molecule has 1 N–H and O–H groups in total. The lowest BCUT2D eigenvalue weighted by molar-refractivity contribution is 0.612. The highest BCUT2D eigenvalue weighted by molar-refractivity contribution is 5.56. The van der Waals surface area contributed by atoms with Gasteiger partial charge in [-0.1, -0.05) is 19.8 Å². The van der Waals surface area contributed by atoms with Crippen LogP contribution in [-0.2, 0) is 0 Å². The number of hydrogen-bond donors (Lipinski definition) is 1. The molecule has 1 atom stereocenters. The molecule has 0 saturated heterocycles. The van der Waals surface area contributed by atoms with Gasteiger partial charge in [-0.3, -0.25) is 0 Å². The Morgan fingerprint density at radius 3 is 2.47 bits per heavy atom. The van der Waals surface area contributed by atoms with Gasteiger partial charge in [0.1, 0.15) is 5.82 Å². The van der Waals surface area contributed by atoms with Crippen molar-refractivity contribution in [3.05, 3.63) is 24.0 Å². The Kier molecular flexibility index (Phi) is 6.13. The van der Waals surface area contributed by atoms with Crippen LogP contribution in [-0.4, -0.2) is 19.1 Å². The fraction of sp³-hybridized carbons (Fsp3) is 0.625. The van der Waals surface area contributed by atoms with E-state index < -0.39 is 0 Å². The highest BCUT2D eigenvalue weighted by Gasteiger charge is 2.11. The summed E-state index contributed by atoms with van der Waals surface area (Å²) in [7, 11) is 1.92. The molecule has 0 amide bonds. The molecule has 19 heavy (non-hydrogen) atoms. The lowest BCUT2D eigenvalue weighted by Crippen LogP contribution is -2.26. The van der Waals surface area contributed by atoms with Crippen LogP contribution in [0.1, 0.15) is 47.0 Å². The lowest BCUT2D eigenvalue weighted by Gasteiger charge is -2.25. The van der Waals surface area contributed by atoms with Gasteiger partial charge >= 0.3 is 0 Å². The Morgan fingerprint density at radius 2 is 1.95 bits per heavy atom. The first-order valence-corrected chi connectivity index (χ1v) is 7.24. The molecule has 0 aliphatic rings. The van der Waals surface area contributed by atoms with E-state index in [2.05, 4.69) is 33.0 Å². The van der Waals surface area contributed by atoms with Gasteiger partial charge < -0.3 is 10.2 Å². The number of halogens is 1. The molecule has 1 rings (SSSR count). The molecule has 0 saturated carbocycles. The third-order valence-corrected chi connectivity index (χ3v) is 3.51. The fourth-order valence-corrected chi connectivity index (χ4v) is 2.03. The summed E-state index contributed by atoms with van der Waals surface area (Å²) in [5.41, 5.74) is 1.52. The van der Waals surface area contributed by atoms with Crippen molar-refractivity contribution in [2.24, 2.45) is 0 Å². The Morgan fingerprint density at radius 1 is 1.26 bits per heavy atom. The topological polar surface area (TPSA) is 15.3 Å². The second-order valence-corrected chi connectivity index (χ2v) is 5.56. The molecule has 0 aliphatic carbocycles.